The Morgan fingerprint density at radius 2 is 1.18 bits per heavy atom. The van der Waals surface area contributed by atoms with Crippen LogP contribution in [0.5, 0.6) is 0 Å². The molecule has 0 aliphatic rings. The predicted molar refractivity (Wildman–Crippen MR) is 96.4 cm³/mol. The molecule has 0 N–H and O–H groups in total. The van der Waals surface area contributed by atoms with Gasteiger partial charge in [-0.25, -0.2) is 0 Å². The minimum absolute atomic E-state index is 1.29. The Morgan fingerprint density at radius 3 is 2.00 bits per heavy atom. The van der Waals surface area contributed by atoms with Crippen molar-refractivity contribution in [1.29, 1.82) is 0 Å². The molecule has 0 aliphatic heterocycles. The molecule has 0 atom stereocenters. The topological polar surface area (TPSA) is 0 Å². The molecule has 22 heavy (non-hydrogen) atoms. The van der Waals surface area contributed by atoms with E-state index in [9.17, 15) is 0 Å². The summed E-state index contributed by atoms with van der Waals surface area (Å²) in [5.41, 5.74) is 5.37. The van der Waals surface area contributed by atoms with Gasteiger partial charge in [-0.1, -0.05) is 72.8 Å². The zero-order valence-corrected chi connectivity index (χ0v) is 12.9. The van der Waals surface area contributed by atoms with Gasteiger partial charge >= 0.3 is 0 Å². The van der Waals surface area contributed by atoms with E-state index in [1.807, 2.05) is 0 Å². The minimum Gasteiger partial charge on any atom is -0.0616 e. The minimum atomic E-state index is 1.29. The molecule has 0 saturated heterocycles. The maximum Gasteiger partial charge on any atom is -0.00963 e. The van der Waals surface area contributed by atoms with Crippen molar-refractivity contribution in [3.8, 4) is 11.1 Å². The third-order valence-electron chi connectivity index (χ3n) is 4.65. The highest BCUT2D eigenvalue weighted by Gasteiger charge is 2.10. The van der Waals surface area contributed by atoms with E-state index in [4.69, 9.17) is 0 Å². The number of aryl methyl sites for hydroxylation is 2. The van der Waals surface area contributed by atoms with Gasteiger partial charge in [-0.05, 0) is 57.6 Å². The van der Waals surface area contributed by atoms with Gasteiger partial charge in [0.05, 0.1) is 0 Å². The van der Waals surface area contributed by atoms with Crippen molar-refractivity contribution in [2.75, 3.05) is 0 Å². The van der Waals surface area contributed by atoms with Crippen LogP contribution in [0.1, 0.15) is 11.1 Å². The van der Waals surface area contributed by atoms with Gasteiger partial charge in [0.15, 0.2) is 0 Å². The maximum absolute atomic E-state index is 2.33. The third-order valence-corrected chi connectivity index (χ3v) is 4.65. The largest absolute Gasteiger partial charge is 0.0616 e. The molecule has 0 bridgehead atoms. The monoisotopic (exact) mass is 282 g/mol. The lowest BCUT2D eigenvalue weighted by Crippen LogP contribution is -1.89. The van der Waals surface area contributed by atoms with Crippen LogP contribution in [0, 0.1) is 13.8 Å². The van der Waals surface area contributed by atoms with E-state index in [2.05, 4.69) is 86.6 Å². The first-order valence-electron chi connectivity index (χ1n) is 7.73. The first kappa shape index (κ1) is 13.1. The van der Waals surface area contributed by atoms with Crippen LogP contribution in [0.2, 0.25) is 0 Å². The molecule has 0 aliphatic carbocycles. The van der Waals surface area contributed by atoms with Crippen molar-refractivity contribution in [3.63, 3.8) is 0 Å². The summed E-state index contributed by atoms with van der Waals surface area (Å²) in [5.74, 6) is 0. The van der Waals surface area contributed by atoms with Crippen molar-refractivity contribution in [1.82, 2.24) is 0 Å². The quantitative estimate of drug-likeness (QED) is 0.385. The number of benzene rings is 4. The molecule has 106 valence electrons. The lowest BCUT2D eigenvalue weighted by molar-refractivity contribution is 1.38. The molecular formula is C22H18. The first-order valence-corrected chi connectivity index (χ1v) is 7.73. The van der Waals surface area contributed by atoms with Gasteiger partial charge < -0.3 is 0 Å². The van der Waals surface area contributed by atoms with Gasteiger partial charge in [-0.3, -0.25) is 0 Å². The molecule has 0 spiro atoms. The predicted octanol–water partition coefficient (Wildman–Crippen LogP) is 6.28. The second-order valence-electron chi connectivity index (χ2n) is 5.94. The van der Waals surface area contributed by atoms with E-state index < -0.39 is 0 Å². The normalized spacial score (nSPS) is 11.2. The summed E-state index contributed by atoms with van der Waals surface area (Å²) in [6.45, 7) is 4.42. The average molecular weight is 282 g/mol. The summed E-state index contributed by atoms with van der Waals surface area (Å²) in [4.78, 5) is 0. The Kier molecular flexibility index (Phi) is 2.97. The van der Waals surface area contributed by atoms with Crippen molar-refractivity contribution >= 4 is 21.5 Å². The molecular weight excluding hydrogens is 264 g/mol. The van der Waals surface area contributed by atoms with E-state index in [1.165, 1.54) is 43.8 Å². The SMILES string of the molecule is Cc1cc(-c2cccc3ccccc23)c2ccccc2c1C. The van der Waals surface area contributed by atoms with Crippen LogP contribution in [0.15, 0.2) is 72.8 Å². The van der Waals surface area contributed by atoms with Crippen LogP contribution in [0.25, 0.3) is 32.7 Å². The van der Waals surface area contributed by atoms with E-state index in [-0.39, 0.29) is 0 Å². The molecule has 0 saturated carbocycles. The van der Waals surface area contributed by atoms with Crippen molar-refractivity contribution in [2.45, 2.75) is 13.8 Å². The van der Waals surface area contributed by atoms with Crippen LogP contribution < -0.4 is 0 Å². The summed E-state index contributed by atoms with van der Waals surface area (Å²) in [6, 6.07) is 26.2. The second kappa shape index (κ2) is 4.99. The molecule has 4 aromatic rings. The van der Waals surface area contributed by atoms with Gasteiger partial charge in [0.2, 0.25) is 0 Å². The van der Waals surface area contributed by atoms with Gasteiger partial charge in [0.25, 0.3) is 0 Å². The molecule has 4 rings (SSSR count). The number of fused-ring (bicyclic) bond motifs is 2. The zero-order chi connectivity index (χ0) is 15.1. The van der Waals surface area contributed by atoms with Gasteiger partial charge in [0.1, 0.15) is 0 Å². The summed E-state index contributed by atoms with van der Waals surface area (Å²) < 4.78 is 0. The summed E-state index contributed by atoms with van der Waals surface area (Å²) in [6.07, 6.45) is 0. The fourth-order valence-electron chi connectivity index (χ4n) is 3.34. The van der Waals surface area contributed by atoms with Crippen LogP contribution in [-0.4, -0.2) is 0 Å². The van der Waals surface area contributed by atoms with Crippen molar-refractivity contribution in [2.24, 2.45) is 0 Å². The Labute approximate surface area is 131 Å². The molecule has 0 aromatic heterocycles. The molecule has 0 amide bonds. The summed E-state index contributed by atoms with van der Waals surface area (Å²) in [7, 11) is 0. The molecule has 0 radical (unpaired) electrons. The van der Waals surface area contributed by atoms with Crippen LogP contribution >= 0.6 is 0 Å². The average Bonchev–Trinajstić information content (AvgIpc) is 2.58. The van der Waals surface area contributed by atoms with Crippen molar-refractivity contribution < 1.29 is 0 Å². The highest BCUT2D eigenvalue weighted by Crippen LogP contribution is 2.36. The van der Waals surface area contributed by atoms with Crippen LogP contribution in [0.3, 0.4) is 0 Å². The van der Waals surface area contributed by atoms with Crippen molar-refractivity contribution in [3.05, 3.63) is 83.9 Å². The third kappa shape index (κ3) is 1.92. The lowest BCUT2D eigenvalue weighted by Gasteiger charge is -2.14. The Hall–Kier alpha value is -2.60. The zero-order valence-electron chi connectivity index (χ0n) is 12.9. The molecule has 0 heterocycles. The fourth-order valence-corrected chi connectivity index (χ4v) is 3.34. The lowest BCUT2D eigenvalue weighted by atomic mass is 9.90. The molecule has 0 fully saturated rings. The number of rotatable bonds is 1. The van der Waals surface area contributed by atoms with Gasteiger partial charge in [-0.15, -0.1) is 0 Å². The van der Waals surface area contributed by atoms with E-state index in [0.717, 1.165) is 0 Å². The maximum atomic E-state index is 2.33. The highest BCUT2D eigenvalue weighted by molar-refractivity contribution is 6.06. The Bertz CT molecular complexity index is 988. The van der Waals surface area contributed by atoms with Crippen LogP contribution in [-0.2, 0) is 0 Å². The van der Waals surface area contributed by atoms with Gasteiger partial charge in [-0.2, -0.15) is 0 Å². The number of hydrogen-bond acceptors (Lipinski definition) is 0. The summed E-state index contributed by atoms with van der Waals surface area (Å²) >= 11 is 0. The van der Waals surface area contributed by atoms with Gasteiger partial charge in [0, 0.05) is 0 Å². The molecule has 0 nitrogen and oxygen atoms in total. The standard InChI is InChI=1S/C22H18/c1-15-14-22(20-12-6-5-10-18(20)16(15)2)21-13-7-9-17-8-3-4-11-19(17)21/h3-14H,1-2H3. The molecule has 4 aromatic carbocycles. The summed E-state index contributed by atoms with van der Waals surface area (Å²) in [5, 5.41) is 5.30. The molecule has 0 unspecified atom stereocenters. The number of hydrogen-bond donors (Lipinski definition) is 0. The Balaban J connectivity index is 2.16. The van der Waals surface area contributed by atoms with E-state index >= 15 is 0 Å². The second-order valence-corrected chi connectivity index (χ2v) is 5.94. The van der Waals surface area contributed by atoms with E-state index in [1.54, 1.807) is 0 Å². The van der Waals surface area contributed by atoms with Crippen LogP contribution in [0.4, 0.5) is 0 Å². The fraction of sp³-hybridized carbons (Fsp3) is 0.0909. The first-order chi connectivity index (χ1) is 10.8. The van der Waals surface area contributed by atoms with E-state index in [0.29, 0.717) is 0 Å². The highest BCUT2D eigenvalue weighted by atomic mass is 14.1. The smallest absolute Gasteiger partial charge is 0.00963 e. The Morgan fingerprint density at radius 1 is 0.545 bits per heavy atom. The molecule has 0 heteroatoms.